The Labute approximate surface area is 104 Å². The number of nitrogens with zero attached hydrogens (tertiary/aromatic N) is 3. The van der Waals surface area contributed by atoms with Crippen LogP contribution in [0.25, 0.3) is 0 Å². The van der Waals surface area contributed by atoms with E-state index in [9.17, 15) is 22.4 Å². The summed E-state index contributed by atoms with van der Waals surface area (Å²) in [6, 6.07) is 5.08. The summed E-state index contributed by atoms with van der Waals surface area (Å²) >= 11 is 0. The van der Waals surface area contributed by atoms with E-state index in [1.165, 1.54) is 18.2 Å². The summed E-state index contributed by atoms with van der Waals surface area (Å²) < 4.78 is 51.8. The molecule has 0 aliphatic rings. The minimum Gasteiger partial charge on any atom is -0.296 e. The van der Waals surface area contributed by atoms with Crippen molar-refractivity contribution in [3.8, 4) is 0 Å². The molecule has 0 saturated heterocycles. The molecule has 4 nitrogen and oxygen atoms in total. The number of aldehydes is 1. The molecule has 0 unspecified atom stereocenters. The van der Waals surface area contributed by atoms with Crippen LogP contribution in [0.2, 0.25) is 0 Å². The molecule has 0 atom stereocenters. The van der Waals surface area contributed by atoms with Crippen molar-refractivity contribution in [2.24, 2.45) is 0 Å². The number of carbonyl (C=O) groups is 1. The first-order chi connectivity index (χ1) is 8.91. The van der Waals surface area contributed by atoms with E-state index in [2.05, 4.69) is 10.3 Å². The van der Waals surface area contributed by atoms with Crippen LogP contribution in [0.5, 0.6) is 0 Å². The smallest absolute Gasteiger partial charge is 0.296 e. The Morgan fingerprint density at radius 1 is 1.32 bits per heavy atom. The van der Waals surface area contributed by atoms with E-state index in [-0.39, 0.29) is 18.4 Å². The fourth-order valence-corrected chi connectivity index (χ4v) is 1.62. The Morgan fingerprint density at radius 2 is 2.05 bits per heavy atom. The summed E-state index contributed by atoms with van der Waals surface area (Å²) in [4.78, 5) is 10.5. The molecule has 0 aliphatic carbocycles. The second kappa shape index (κ2) is 4.79. The molecule has 0 saturated carbocycles. The Hall–Kier alpha value is -2.25. The van der Waals surface area contributed by atoms with Crippen LogP contribution in [-0.2, 0) is 12.7 Å². The molecule has 0 fully saturated rings. The molecule has 2 aromatic rings. The zero-order valence-electron chi connectivity index (χ0n) is 9.36. The van der Waals surface area contributed by atoms with E-state index < -0.39 is 23.4 Å². The maximum absolute atomic E-state index is 13.0. The van der Waals surface area contributed by atoms with Crippen LogP contribution in [0.4, 0.5) is 17.6 Å². The van der Waals surface area contributed by atoms with Gasteiger partial charge in [0.25, 0.3) is 0 Å². The molecule has 100 valence electrons. The molecule has 0 spiro atoms. The lowest BCUT2D eigenvalue weighted by molar-refractivity contribution is -0.144. The van der Waals surface area contributed by atoms with E-state index in [4.69, 9.17) is 0 Å². The van der Waals surface area contributed by atoms with Crippen LogP contribution >= 0.6 is 0 Å². The van der Waals surface area contributed by atoms with Gasteiger partial charge in [-0.25, -0.2) is 9.07 Å². The van der Waals surface area contributed by atoms with E-state index >= 15 is 0 Å². The van der Waals surface area contributed by atoms with Crippen molar-refractivity contribution in [2.75, 3.05) is 0 Å². The molecule has 1 aromatic carbocycles. The summed E-state index contributed by atoms with van der Waals surface area (Å²) in [5.74, 6) is -0.568. The number of carbonyl (C=O) groups excluding carboxylic acids is 1. The fraction of sp³-hybridized carbons (Fsp3) is 0.182. The normalized spacial score (nSPS) is 11.6. The summed E-state index contributed by atoms with van der Waals surface area (Å²) in [5.41, 5.74) is -1.75. The predicted molar refractivity (Wildman–Crippen MR) is 55.9 cm³/mol. The largest absolute Gasteiger partial charge is 0.435 e. The quantitative estimate of drug-likeness (QED) is 0.636. The van der Waals surface area contributed by atoms with Crippen LogP contribution in [0.15, 0.2) is 24.3 Å². The zero-order valence-corrected chi connectivity index (χ0v) is 9.36. The van der Waals surface area contributed by atoms with Crippen LogP contribution in [0, 0.1) is 5.82 Å². The first-order valence-corrected chi connectivity index (χ1v) is 5.12. The summed E-state index contributed by atoms with van der Waals surface area (Å²) in [6.07, 6.45) is -4.77. The maximum atomic E-state index is 13.0. The van der Waals surface area contributed by atoms with E-state index in [0.717, 1.165) is 6.07 Å². The van der Waals surface area contributed by atoms with Crippen molar-refractivity contribution in [1.82, 2.24) is 15.0 Å². The van der Waals surface area contributed by atoms with Crippen molar-refractivity contribution < 1.29 is 22.4 Å². The monoisotopic (exact) mass is 273 g/mol. The highest BCUT2D eigenvalue weighted by molar-refractivity contribution is 5.73. The van der Waals surface area contributed by atoms with Gasteiger partial charge in [0, 0.05) is 0 Å². The number of benzene rings is 1. The Morgan fingerprint density at radius 3 is 2.63 bits per heavy atom. The minimum absolute atomic E-state index is 0.0160. The molecule has 1 aromatic heterocycles. The van der Waals surface area contributed by atoms with Gasteiger partial charge < -0.3 is 0 Å². The highest BCUT2D eigenvalue weighted by Crippen LogP contribution is 2.30. The molecule has 0 bridgehead atoms. The highest BCUT2D eigenvalue weighted by atomic mass is 19.4. The first-order valence-electron chi connectivity index (χ1n) is 5.12. The van der Waals surface area contributed by atoms with Gasteiger partial charge in [-0.1, -0.05) is 17.3 Å². The molecule has 19 heavy (non-hydrogen) atoms. The van der Waals surface area contributed by atoms with Crippen LogP contribution in [0.3, 0.4) is 0 Å². The Bertz CT molecular complexity index is 606. The summed E-state index contributed by atoms with van der Waals surface area (Å²) in [7, 11) is 0. The number of halogens is 4. The van der Waals surface area contributed by atoms with Crippen molar-refractivity contribution in [3.05, 3.63) is 47.0 Å². The van der Waals surface area contributed by atoms with Crippen LogP contribution in [-0.4, -0.2) is 21.3 Å². The fourth-order valence-electron chi connectivity index (χ4n) is 1.62. The van der Waals surface area contributed by atoms with Crippen LogP contribution in [0.1, 0.15) is 21.7 Å². The standard InChI is InChI=1S/C11H7F4N3O/c12-8-3-1-2-7(4-8)5-18-10(11(13,14)15)9(6-19)16-17-18/h1-4,6H,5H2. The highest BCUT2D eigenvalue weighted by Gasteiger charge is 2.39. The third kappa shape index (κ3) is 2.78. The lowest BCUT2D eigenvalue weighted by atomic mass is 10.2. The molecular formula is C11H7F4N3O. The van der Waals surface area contributed by atoms with Gasteiger partial charge in [-0.05, 0) is 17.7 Å². The van der Waals surface area contributed by atoms with Crippen molar-refractivity contribution in [1.29, 1.82) is 0 Å². The number of hydrogen-bond acceptors (Lipinski definition) is 3. The molecule has 0 N–H and O–H groups in total. The predicted octanol–water partition coefficient (Wildman–Crippen LogP) is 2.30. The average molecular weight is 273 g/mol. The topological polar surface area (TPSA) is 47.8 Å². The second-order valence-electron chi connectivity index (χ2n) is 3.73. The molecule has 0 aliphatic heterocycles. The van der Waals surface area contributed by atoms with Gasteiger partial charge >= 0.3 is 6.18 Å². The number of hydrogen-bond donors (Lipinski definition) is 0. The zero-order chi connectivity index (χ0) is 14.0. The van der Waals surface area contributed by atoms with E-state index in [0.29, 0.717) is 4.68 Å². The Kier molecular flexibility index (Phi) is 3.32. The van der Waals surface area contributed by atoms with Crippen molar-refractivity contribution in [2.45, 2.75) is 12.7 Å². The molecule has 0 radical (unpaired) electrons. The van der Waals surface area contributed by atoms with Gasteiger partial charge in [-0.2, -0.15) is 13.2 Å². The molecule has 2 rings (SSSR count). The van der Waals surface area contributed by atoms with Gasteiger partial charge in [0.2, 0.25) is 0 Å². The lowest BCUT2D eigenvalue weighted by Crippen LogP contribution is -2.17. The number of rotatable bonds is 3. The van der Waals surface area contributed by atoms with Crippen molar-refractivity contribution >= 4 is 6.29 Å². The maximum Gasteiger partial charge on any atom is 0.435 e. The third-order valence-electron chi connectivity index (χ3n) is 2.36. The van der Waals surface area contributed by atoms with Gasteiger partial charge in [-0.3, -0.25) is 4.79 Å². The molecule has 1 heterocycles. The molecule has 0 amide bonds. The van der Waals surface area contributed by atoms with Crippen LogP contribution < -0.4 is 0 Å². The summed E-state index contributed by atoms with van der Waals surface area (Å²) in [6.45, 7) is -0.326. The average Bonchev–Trinajstić information content (AvgIpc) is 2.71. The first kappa shape index (κ1) is 13.2. The van der Waals surface area contributed by atoms with E-state index in [1.807, 2.05) is 0 Å². The van der Waals surface area contributed by atoms with E-state index in [1.54, 1.807) is 0 Å². The van der Waals surface area contributed by atoms with Gasteiger partial charge in [0.1, 0.15) is 5.82 Å². The van der Waals surface area contributed by atoms with Gasteiger partial charge in [0.05, 0.1) is 6.54 Å². The third-order valence-corrected chi connectivity index (χ3v) is 2.36. The number of aromatic nitrogens is 3. The Balaban J connectivity index is 2.41. The van der Waals surface area contributed by atoms with Gasteiger partial charge in [0.15, 0.2) is 17.7 Å². The molecule has 8 heteroatoms. The van der Waals surface area contributed by atoms with Gasteiger partial charge in [-0.15, -0.1) is 5.10 Å². The second-order valence-corrected chi connectivity index (χ2v) is 3.73. The SMILES string of the molecule is O=Cc1nnn(Cc2cccc(F)c2)c1C(F)(F)F. The van der Waals surface area contributed by atoms with Crippen molar-refractivity contribution in [3.63, 3.8) is 0 Å². The minimum atomic E-state index is -4.76. The molecular weight excluding hydrogens is 266 g/mol. The summed E-state index contributed by atoms with van der Waals surface area (Å²) in [5, 5.41) is 6.42. The lowest BCUT2D eigenvalue weighted by Gasteiger charge is -2.09. The number of alkyl halides is 3.